The number of nitrogens with zero attached hydrogens (tertiary/aromatic N) is 1. The molecule has 0 unspecified atom stereocenters. The minimum atomic E-state index is -4.56. The zero-order valence-electron chi connectivity index (χ0n) is 20.2. The van der Waals surface area contributed by atoms with Gasteiger partial charge in [-0.2, -0.15) is 26.3 Å². The van der Waals surface area contributed by atoms with Crippen LogP contribution in [-0.2, 0) is 11.2 Å². The normalized spacial score (nSPS) is 15.3. The third-order valence-corrected chi connectivity index (χ3v) is 6.65. The molecule has 0 radical (unpaired) electrons. The molecule has 1 saturated heterocycles. The number of carbonyl (C=O) groups excluding carboxylic acids is 1. The maximum absolute atomic E-state index is 13.6. The van der Waals surface area contributed by atoms with E-state index < -0.39 is 31.1 Å². The molecular formula is C26H26F6N2O3. The molecule has 3 aromatic rings. The molecule has 0 atom stereocenters. The fourth-order valence-corrected chi connectivity index (χ4v) is 4.89. The van der Waals surface area contributed by atoms with E-state index in [-0.39, 0.29) is 24.6 Å². The average Bonchev–Trinajstić information content (AvgIpc) is 3.18. The van der Waals surface area contributed by atoms with Crippen molar-refractivity contribution in [2.75, 3.05) is 27.3 Å². The fraction of sp³-hybridized carbons (Fsp3) is 0.423. The van der Waals surface area contributed by atoms with E-state index in [0.29, 0.717) is 46.5 Å². The molecule has 37 heavy (non-hydrogen) atoms. The Kier molecular flexibility index (Phi) is 7.34. The third kappa shape index (κ3) is 6.14. The van der Waals surface area contributed by atoms with Crippen LogP contribution in [0.15, 0.2) is 36.4 Å². The molecule has 1 amide bonds. The number of carbonyl (C=O) groups is 1. The second kappa shape index (κ2) is 10.2. The van der Waals surface area contributed by atoms with E-state index in [1.807, 2.05) is 6.07 Å². The molecule has 2 heterocycles. The highest BCUT2D eigenvalue weighted by Gasteiger charge is 2.35. The lowest BCUT2D eigenvalue weighted by Crippen LogP contribution is -2.39. The first kappa shape index (κ1) is 26.7. The Morgan fingerprint density at radius 1 is 0.946 bits per heavy atom. The summed E-state index contributed by atoms with van der Waals surface area (Å²) in [7, 11) is 2.91. The fourth-order valence-electron chi connectivity index (χ4n) is 4.89. The number of methoxy groups -OCH3 is 2. The van der Waals surface area contributed by atoms with Crippen LogP contribution in [0, 0.1) is 0 Å². The summed E-state index contributed by atoms with van der Waals surface area (Å²) >= 11 is 0. The van der Waals surface area contributed by atoms with Crippen molar-refractivity contribution in [3.05, 3.63) is 47.5 Å². The lowest BCUT2D eigenvalue weighted by Gasteiger charge is -2.32. The van der Waals surface area contributed by atoms with Crippen molar-refractivity contribution in [1.29, 1.82) is 0 Å². The van der Waals surface area contributed by atoms with Gasteiger partial charge in [0.25, 0.3) is 0 Å². The number of hydrogen-bond donors (Lipinski definition) is 1. The number of amides is 1. The van der Waals surface area contributed by atoms with Gasteiger partial charge in [0.05, 0.1) is 26.3 Å². The van der Waals surface area contributed by atoms with Crippen LogP contribution in [0.5, 0.6) is 11.5 Å². The van der Waals surface area contributed by atoms with Crippen LogP contribution in [0.2, 0.25) is 0 Å². The smallest absolute Gasteiger partial charge is 0.397 e. The highest BCUT2D eigenvalue weighted by atomic mass is 19.4. The van der Waals surface area contributed by atoms with E-state index >= 15 is 0 Å². The predicted molar refractivity (Wildman–Crippen MR) is 126 cm³/mol. The number of aromatic nitrogens is 1. The predicted octanol–water partition coefficient (Wildman–Crippen LogP) is 6.62. The van der Waals surface area contributed by atoms with Crippen LogP contribution in [-0.4, -0.2) is 55.5 Å². The number of H-pyrrole nitrogens is 1. The number of ether oxygens (including phenoxy) is 2. The SMILES string of the molecule is COc1ccc(-c2[nH]c3ccc(C4CCN(C(=O)CC(F)(F)F)CC4)cc3c2CC(F)(F)F)cc1OC. The Hall–Kier alpha value is -3.37. The van der Waals surface area contributed by atoms with Crippen LogP contribution in [0.1, 0.15) is 36.3 Å². The van der Waals surface area contributed by atoms with Crippen LogP contribution >= 0.6 is 0 Å². The van der Waals surface area contributed by atoms with Crippen LogP contribution in [0.3, 0.4) is 0 Å². The van der Waals surface area contributed by atoms with Gasteiger partial charge in [-0.3, -0.25) is 4.79 Å². The number of fused-ring (bicyclic) bond motifs is 1. The zero-order chi connectivity index (χ0) is 27.0. The van der Waals surface area contributed by atoms with Gasteiger partial charge in [-0.15, -0.1) is 0 Å². The number of halogens is 6. The first-order valence-electron chi connectivity index (χ1n) is 11.7. The van der Waals surface area contributed by atoms with Gasteiger partial charge in [-0.1, -0.05) is 6.07 Å². The Bertz CT molecular complexity index is 1270. The summed E-state index contributed by atoms with van der Waals surface area (Å²) in [6.07, 6.45) is -10.8. The van der Waals surface area contributed by atoms with E-state index in [1.165, 1.54) is 19.1 Å². The Morgan fingerprint density at radius 2 is 1.62 bits per heavy atom. The molecule has 1 N–H and O–H groups in total. The number of piperidine rings is 1. The largest absolute Gasteiger partial charge is 0.493 e. The summed E-state index contributed by atoms with van der Waals surface area (Å²) in [6.45, 7) is 0.327. The summed E-state index contributed by atoms with van der Waals surface area (Å²) in [5.74, 6) is -0.220. The lowest BCUT2D eigenvalue weighted by atomic mass is 9.88. The molecule has 1 aromatic heterocycles. The van der Waals surface area contributed by atoms with Gasteiger partial charge < -0.3 is 19.4 Å². The molecule has 0 aliphatic carbocycles. The maximum Gasteiger partial charge on any atom is 0.397 e. The number of rotatable bonds is 6. The minimum absolute atomic E-state index is 0.0856. The van der Waals surface area contributed by atoms with Crippen LogP contribution in [0.4, 0.5) is 26.3 Å². The summed E-state index contributed by atoms with van der Waals surface area (Å²) in [5, 5.41) is 0.426. The van der Waals surface area contributed by atoms with Crippen molar-refractivity contribution in [3.63, 3.8) is 0 Å². The van der Waals surface area contributed by atoms with Gasteiger partial charge in [0.15, 0.2) is 11.5 Å². The number of likely N-dealkylation sites (tertiary alicyclic amines) is 1. The van der Waals surface area contributed by atoms with Crippen LogP contribution in [0.25, 0.3) is 22.2 Å². The number of hydrogen-bond acceptors (Lipinski definition) is 3. The second-order valence-electron chi connectivity index (χ2n) is 9.09. The Balaban J connectivity index is 1.65. The summed E-state index contributed by atoms with van der Waals surface area (Å²) in [6, 6.07) is 10.1. The van der Waals surface area contributed by atoms with E-state index in [0.717, 1.165) is 5.56 Å². The van der Waals surface area contributed by atoms with Crippen molar-refractivity contribution in [3.8, 4) is 22.8 Å². The summed E-state index contributed by atoms with van der Waals surface area (Å²) < 4.78 is 89.1. The van der Waals surface area contributed by atoms with Gasteiger partial charge >= 0.3 is 12.4 Å². The first-order chi connectivity index (χ1) is 17.4. The number of benzene rings is 2. The van der Waals surface area contributed by atoms with Gasteiger partial charge in [0.1, 0.15) is 6.42 Å². The molecule has 1 fully saturated rings. The topological polar surface area (TPSA) is 54.6 Å². The molecule has 4 rings (SSSR count). The zero-order valence-corrected chi connectivity index (χ0v) is 20.2. The number of nitrogens with one attached hydrogen (secondary N) is 1. The minimum Gasteiger partial charge on any atom is -0.493 e. The van der Waals surface area contributed by atoms with Crippen molar-refractivity contribution in [1.82, 2.24) is 9.88 Å². The Morgan fingerprint density at radius 3 is 2.22 bits per heavy atom. The first-order valence-corrected chi connectivity index (χ1v) is 11.7. The molecule has 2 aromatic carbocycles. The van der Waals surface area contributed by atoms with E-state index in [4.69, 9.17) is 9.47 Å². The molecule has 5 nitrogen and oxygen atoms in total. The summed E-state index contributed by atoms with van der Waals surface area (Å²) in [5.41, 5.74) is 2.24. The van der Waals surface area contributed by atoms with E-state index in [2.05, 4.69) is 4.98 Å². The molecule has 1 aliphatic heterocycles. The third-order valence-electron chi connectivity index (χ3n) is 6.65. The monoisotopic (exact) mass is 528 g/mol. The van der Waals surface area contributed by atoms with E-state index in [1.54, 1.807) is 30.3 Å². The van der Waals surface area contributed by atoms with Crippen molar-refractivity contribution >= 4 is 16.8 Å². The second-order valence-corrected chi connectivity index (χ2v) is 9.09. The number of alkyl halides is 6. The van der Waals surface area contributed by atoms with Crippen LogP contribution < -0.4 is 9.47 Å². The maximum atomic E-state index is 13.6. The molecule has 0 spiro atoms. The molecule has 0 bridgehead atoms. The van der Waals surface area contributed by atoms with Crippen molar-refractivity contribution < 1.29 is 40.6 Å². The molecule has 11 heteroatoms. The van der Waals surface area contributed by atoms with Crippen molar-refractivity contribution in [2.24, 2.45) is 0 Å². The Labute approximate surface area is 209 Å². The highest BCUT2D eigenvalue weighted by Crippen LogP contribution is 2.40. The van der Waals surface area contributed by atoms with Gasteiger partial charge in [-0.05, 0) is 60.2 Å². The highest BCUT2D eigenvalue weighted by molar-refractivity contribution is 5.92. The molecule has 0 saturated carbocycles. The number of aromatic amines is 1. The van der Waals surface area contributed by atoms with Gasteiger partial charge in [-0.25, -0.2) is 0 Å². The lowest BCUT2D eigenvalue weighted by molar-refractivity contribution is -0.162. The van der Waals surface area contributed by atoms with E-state index in [9.17, 15) is 31.1 Å². The quantitative estimate of drug-likeness (QED) is 0.366. The van der Waals surface area contributed by atoms with Gasteiger partial charge in [0, 0.05) is 29.6 Å². The molecule has 200 valence electrons. The average molecular weight is 528 g/mol. The van der Waals surface area contributed by atoms with Crippen molar-refractivity contribution in [2.45, 2.75) is 44.0 Å². The van der Waals surface area contributed by atoms with Gasteiger partial charge in [0.2, 0.25) is 5.91 Å². The standard InChI is InChI=1S/C26H26F6N2O3/c1-36-21-6-4-17(12-22(21)37-2)24-19(13-25(27,28)29)18-11-16(3-5-20(18)33-24)15-7-9-34(10-8-15)23(35)14-26(30,31)32/h3-6,11-12,15,33H,7-10,13-14H2,1-2H3. The summed E-state index contributed by atoms with van der Waals surface area (Å²) in [4.78, 5) is 16.2. The molecular weight excluding hydrogens is 502 g/mol. The molecule has 1 aliphatic rings.